The van der Waals surface area contributed by atoms with Crippen LogP contribution in [0.25, 0.3) is 0 Å². The van der Waals surface area contributed by atoms with Crippen LogP contribution in [0.4, 0.5) is 0 Å². The molecule has 1 saturated heterocycles. The summed E-state index contributed by atoms with van der Waals surface area (Å²) in [5.41, 5.74) is -0.614. The summed E-state index contributed by atoms with van der Waals surface area (Å²) in [6, 6.07) is 0.230. The molecule has 0 aromatic carbocycles. The minimum atomic E-state index is -0.614. The highest BCUT2D eigenvalue weighted by Crippen LogP contribution is 2.23. The van der Waals surface area contributed by atoms with Crippen molar-refractivity contribution < 1.29 is 9.53 Å². The Kier molecular flexibility index (Phi) is 9.43. The van der Waals surface area contributed by atoms with Crippen LogP contribution in [-0.4, -0.2) is 37.7 Å². The number of hydrogen-bond donors (Lipinski definition) is 2. The molecular formula is C15H31ClN2O2. The van der Waals surface area contributed by atoms with Gasteiger partial charge in [-0.25, -0.2) is 0 Å². The van der Waals surface area contributed by atoms with Crippen molar-refractivity contribution in [2.24, 2.45) is 5.92 Å². The molecule has 2 N–H and O–H groups in total. The van der Waals surface area contributed by atoms with E-state index in [1.54, 1.807) is 7.11 Å². The number of piperidine rings is 1. The summed E-state index contributed by atoms with van der Waals surface area (Å²) >= 11 is 0. The van der Waals surface area contributed by atoms with Crippen LogP contribution >= 0.6 is 12.4 Å². The van der Waals surface area contributed by atoms with Gasteiger partial charge in [-0.3, -0.25) is 4.79 Å². The molecule has 1 rings (SSSR count). The van der Waals surface area contributed by atoms with Crippen LogP contribution in [0, 0.1) is 5.92 Å². The summed E-state index contributed by atoms with van der Waals surface area (Å²) in [5, 5.41) is 6.39. The molecule has 1 aliphatic heterocycles. The number of halogens is 1. The maximum atomic E-state index is 12.4. The molecule has 4 nitrogen and oxygen atoms in total. The van der Waals surface area contributed by atoms with Gasteiger partial charge in [0.25, 0.3) is 5.91 Å². The molecule has 1 amide bonds. The summed E-state index contributed by atoms with van der Waals surface area (Å²) in [4.78, 5) is 12.4. The van der Waals surface area contributed by atoms with E-state index in [0.717, 1.165) is 38.3 Å². The highest BCUT2D eigenvalue weighted by atomic mass is 35.5. The predicted molar refractivity (Wildman–Crippen MR) is 85.4 cm³/mol. The smallest absolute Gasteiger partial charge is 0.252 e. The molecule has 0 aliphatic carbocycles. The summed E-state index contributed by atoms with van der Waals surface area (Å²) in [7, 11) is 1.65. The van der Waals surface area contributed by atoms with Gasteiger partial charge in [-0.1, -0.05) is 26.7 Å². The molecule has 120 valence electrons. The number of carbonyl (C=O) groups excluding carboxylic acids is 1. The van der Waals surface area contributed by atoms with E-state index in [0.29, 0.717) is 0 Å². The number of rotatable bonds is 7. The van der Waals surface area contributed by atoms with Crippen molar-refractivity contribution in [1.82, 2.24) is 10.6 Å². The molecule has 1 unspecified atom stereocenters. The van der Waals surface area contributed by atoms with Crippen LogP contribution in [0.1, 0.15) is 52.9 Å². The van der Waals surface area contributed by atoms with Crippen molar-refractivity contribution in [3.63, 3.8) is 0 Å². The Morgan fingerprint density at radius 2 is 1.85 bits per heavy atom. The lowest BCUT2D eigenvalue weighted by Crippen LogP contribution is -2.55. The van der Waals surface area contributed by atoms with Crippen molar-refractivity contribution in [2.75, 3.05) is 20.2 Å². The van der Waals surface area contributed by atoms with E-state index in [4.69, 9.17) is 4.74 Å². The molecule has 0 aromatic heterocycles. The minimum Gasteiger partial charge on any atom is -0.368 e. The highest BCUT2D eigenvalue weighted by molar-refractivity contribution is 5.85. The Bertz CT molecular complexity index is 279. The van der Waals surface area contributed by atoms with E-state index in [2.05, 4.69) is 31.4 Å². The maximum Gasteiger partial charge on any atom is 0.252 e. The van der Waals surface area contributed by atoms with Crippen molar-refractivity contribution in [2.45, 2.75) is 64.5 Å². The SMILES string of the molecule is COC1(C(=O)NC(C)CCCC(C)C)CCNCC1.Cl. The third kappa shape index (κ3) is 5.98. The lowest BCUT2D eigenvalue weighted by atomic mass is 9.90. The van der Waals surface area contributed by atoms with Gasteiger partial charge in [0.05, 0.1) is 0 Å². The van der Waals surface area contributed by atoms with Gasteiger partial charge in [-0.2, -0.15) is 0 Å². The fourth-order valence-electron chi connectivity index (χ4n) is 2.61. The molecule has 0 saturated carbocycles. The third-order valence-corrected chi connectivity index (χ3v) is 4.01. The van der Waals surface area contributed by atoms with Crippen LogP contribution in [0.2, 0.25) is 0 Å². The molecule has 1 atom stereocenters. The normalized spacial score (nSPS) is 19.2. The van der Waals surface area contributed by atoms with Gasteiger partial charge in [0.15, 0.2) is 0 Å². The molecule has 1 fully saturated rings. The summed E-state index contributed by atoms with van der Waals surface area (Å²) < 4.78 is 5.53. The van der Waals surface area contributed by atoms with Crippen LogP contribution in [0.3, 0.4) is 0 Å². The predicted octanol–water partition coefficient (Wildman–Crippen LogP) is 2.51. The number of nitrogens with one attached hydrogen (secondary N) is 2. The zero-order valence-corrected chi connectivity index (χ0v) is 14.1. The molecule has 20 heavy (non-hydrogen) atoms. The second-order valence-corrected chi connectivity index (χ2v) is 6.15. The molecule has 1 aliphatic rings. The van der Waals surface area contributed by atoms with Crippen LogP contribution < -0.4 is 10.6 Å². The van der Waals surface area contributed by atoms with Gasteiger partial charge in [-0.05, 0) is 45.2 Å². The second-order valence-electron chi connectivity index (χ2n) is 6.15. The average molecular weight is 307 g/mol. The fraction of sp³-hybridized carbons (Fsp3) is 0.933. The molecule has 5 heteroatoms. The standard InChI is InChI=1S/C15H30N2O2.ClH/c1-12(2)6-5-7-13(3)17-14(18)15(19-4)8-10-16-11-9-15;/h12-13,16H,5-11H2,1-4H3,(H,17,18);1H. The van der Waals surface area contributed by atoms with Crippen LogP contribution in [0.5, 0.6) is 0 Å². The first-order valence-electron chi connectivity index (χ1n) is 7.57. The Morgan fingerprint density at radius 3 is 2.35 bits per heavy atom. The summed E-state index contributed by atoms with van der Waals surface area (Å²) in [6.45, 7) is 8.25. The topological polar surface area (TPSA) is 50.4 Å². The lowest BCUT2D eigenvalue weighted by molar-refractivity contribution is -0.147. The van der Waals surface area contributed by atoms with Crippen molar-refractivity contribution in [3.05, 3.63) is 0 Å². The summed E-state index contributed by atoms with van der Waals surface area (Å²) in [5.74, 6) is 0.797. The monoisotopic (exact) mass is 306 g/mol. The van der Waals surface area contributed by atoms with Gasteiger partial charge >= 0.3 is 0 Å². The largest absolute Gasteiger partial charge is 0.368 e. The van der Waals surface area contributed by atoms with E-state index >= 15 is 0 Å². The Hall–Kier alpha value is -0.320. The molecule has 0 aromatic rings. The van der Waals surface area contributed by atoms with Gasteiger partial charge in [-0.15, -0.1) is 12.4 Å². The van der Waals surface area contributed by atoms with E-state index in [1.165, 1.54) is 12.8 Å². The Morgan fingerprint density at radius 1 is 1.25 bits per heavy atom. The lowest BCUT2D eigenvalue weighted by Gasteiger charge is -2.35. The summed E-state index contributed by atoms with van der Waals surface area (Å²) in [6.07, 6.45) is 4.95. The number of amides is 1. The van der Waals surface area contributed by atoms with Crippen molar-refractivity contribution in [1.29, 1.82) is 0 Å². The third-order valence-electron chi connectivity index (χ3n) is 4.01. The van der Waals surface area contributed by atoms with Gasteiger partial charge in [0.1, 0.15) is 5.60 Å². The maximum absolute atomic E-state index is 12.4. The van der Waals surface area contributed by atoms with E-state index < -0.39 is 5.60 Å². The first-order chi connectivity index (χ1) is 9.00. The highest BCUT2D eigenvalue weighted by Gasteiger charge is 2.39. The first kappa shape index (κ1) is 19.7. The Labute approximate surface area is 129 Å². The van der Waals surface area contributed by atoms with Crippen LogP contribution in [0.15, 0.2) is 0 Å². The minimum absolute atomic E-state index is 0. The van der Waals surface area contributed by atoms with E-state index in [9.17, 15) is 4.79 Å². The van der Waals surface area contributed by atoms with Crippen molar-refractivity contribution in [3.8, 4) is 0 Å². The average Bonchev–Trinajstić information content (AvgIpc) is 2.39. The zero-order valence-electron chi connectivity index (χ0n) is 13.3. The zero-order chi connectivity index (χ0) is 14.3. The van der Waals surface area contributed by atoms with Crippen molar-refractivity contribution >= 4 is 18.3 Å². The molecule has 0 bridgehead atoms. The number of hydrogen-bond acceptors (Lipinski definition) is 3. The quantitative estimate of drug-likeness (QED) is 0.760. The number of carbonyl (C=O) groups is 1. The van der Waals surface area contributed by atoms with Crippen LogP contribution in [-0.2, 0) is 9.53 Å². The second kappa shape index (κ2) is 9.59. The Balaban J connectivity index is 0.00000361. The molecule has 0 spiro atoms. The molecule has 1 heterocycles. The van der Waals surface area contributed by atoms with E-state index in [-0.39, 0.29) is 24.4 Å². The van der Waals surface area contributed by atoms with Gasteiger partial charge in [0, 0.05) is 13.2 Å². The fourth-order valence-corrected chi connectivity index (χ4v) is 2.61. The first-order valence-corrected chi connectivity index (χ1v) is 7.57. The van der Waals surface area contributed by atoms with E-state index in [1.807, 2.05) is 0 Å². The molecular weight excluding hydrogens is 276 g/mol. The van der Waals surface area contributed by atoms with Gasteiger partial charge < -0.3 is 15.4 Å². The molecule has 0 radical (unpaired) electrons. The number of ether oxygens (including phenoxy) is 1. The number of methoxy groups -OCH3 is 1. The van der Waals surface area contributed by atoms with Gasteiger partial charge in [0.2, 0.25) is 0 Å².